The summed E-state index contributed by atoms with van der Waals surface area (Å²) in [5, 5.41) is 0. The summed E-state index contributed by atoms with van der Waals surface area (Å²) in [7, 11) is 0. The van der Waals surface area contributed by atoms with Crippen LogP contribution in [-0.2, 0) is 6.54 Å². The van der Waals surface area contributed by atoms with Gasteiger partial charge in [-0.2, -0.15) is 11.8 Å². The van der Waals surface area contributed by atoms with E-state index in [0.717, 1.165) is 6.54 Å². The third-order valence-corrected chi connectivity index (χ3v) is 4.46. The Hall–Kier alpha value is 0.01000. The average Bonchev–Trinajstić information content (AvgIpc) is 2.22. The third-order valence-electron chi connectivity index (χ3n) is 2.78. The molecular weight excluding hydrogens is 270 g/mol. The molecule has 0 aromatic heterocycles. The van der Waals surface area contributed by atoms with E-state index in [1.165, 1.54) is 28.1 Å². The lowest BCUT2D eigenvalue weighted by Gasteiger charge is -2.32. The third kappa shape index (κ3) is 3.23. The van der Waals surface area contributed by atoms with Crippen LogP contribution in [0.25, 0.3) is 0 Å². The first-order chi connectivity index (χ1) is 7.25. The molecule has 1 nitrogen and oxygen atoms in total. The van der Waals surface area contributed by atoms with Gasteiger partial charge in [0.2, 0.25) is 0 Å². The van der Waals surface area contributed by atoms with Gasteiger partial charge in [-0.15, -0.1) is 0 Å². The highest BCUT2D eigenvalue weighted by Crippen LogP contribution is 2.20. The molecule has 1 aromatic rings. The Kier molecular flexibility index (Phi) is 4.12. The van der Waals surface area contributed by atoms with Gasteiger partial charge in [-0.25, -0.2) is 0 Å². The van der Waals surface area contributed by atoms with Crippen molar-refractivity contribution in [3.63, 3.8) is 0 Å². The predicted octanol–water partition coefficient (Wildman–Crippen LogP) is 3.39. The van der Waals surface area contributed by atoms with Crippen molar-refractivity contribution in [1.29, 1.82) is 0 Å². The largest absolute Gasteiger partial charge is 0.295 e. The maximum Gasteiger partial charge on any atom is 0.0237 e. The topological polar surface area (TPSA) is 3.24 Å². The van der Waals surface area contributed by atoms with Gasteiger partial charge in [0.05, 0.1) is 0 Å². The van der Waals surface area contributed by atoms with Crippen LogP contribution in [0.15, 0.2) is 28.7 Å². The number of nitrogens with zero attached hydrogens (tertiary/aromatic N) is 1. The maximum absolute atomic E-state index is 3.52. The van der Waals surface area contributed by atoms with Crippen LogP contribution >= 0.6 is 27.7 Å². The first kappa shape index (κ1) is 11.5. The van der Waals surface area contributed by atoms with E-state index >= 15 is 0 Å². The van der Waals surface area contributed by atoms with Gasteiger partial charge in [0.25, 0.3) is 0 Å². The van der Waals surface area contributed by atoms with Crippen LogP contribution < -0.4 is 0 Å². The Morgan fingerprint density at radius 2 is 2.40 bits per heavy atom. The molecule has 1 unspecified atom stereocenters. The zero-order chi connectivity index (χ0) is 10.7. The zero-order valence-electron chi connectivity index (χ0n) is 8.95. The number of thioether (sulfide) groups is 1. The summed E-state index contributed by atoms with van der Waals surface area (Å²) in [5.74, 6) is 2.55. The summed E-state index contributed by atoms with van der Waals surface area (Å²) >= 11 is 5.59. The standard InChI is InChI=1S/C12H16BrNS/c1-10-9-15-6-5-14(10)8-11-3-2-4-12(13)7-11/h2-4,7,10H,5-6,8-9H2,1H3. The molecule has 1 aliphatic heterocycles. The first-order valence-electron chi connectivity index (χ1n) is 5.32. The average molecular weight is 286 g/mol. The molecular formula is C12H16BrNS. The van der Waals surface area contributed by atoms with Crippen LogP contribution in [0, 0.1) is 0 Å². The molecule has 1 atom stereocenters. The van der Waals surface area contributed by atoms with Gasteiger partial charge in [0.1, 0.15) is 0 Å². The van der Waals surface area contributed by atoms with E-state index < -0.39 is 0 Å². The molecule has 1 saturated heterocycles. The van der Waals surface area contributed by atoms with Crippen molar-refractivity contribution in [1.82, 2.24) is 4.90 Å². The number of benzene rings is 1. The van der Waals surface area contributed by atoms with Crippen molar-refractivity contribution in [2.75, 3.05) is 18.1 Å². The summed E-state index contributed by atoms with van der Waals surface area (Å²) < 4.78 is 1.18. The van der Waals surface area contributed by atoms with Gasteiger partial charge in [-0.3, -0.25) is 4.90 Å². The zero-order valence-corrected chi connectivity index (χ0v) is 11.4. The number of hydrogen-bond acceptors (Lipinski definition) is 2. The van der Waals surface area contributed by atoms with Gasteiger partial charge < -0.3 is 0 Å². The van der Waals surface area contributed by atoms with Crippen LogP contribution in [0.2, 0.25) is 0 Å². The molecule has 0 radical (unpaired) electrons. The predicted molar refractivity (Wildman–Crippen MR) is 71.3 cm³/mol. The quantitative estimate of drug-likeness (QED) is 0.820. The summed E-state index contributed by atoms with van der Waals surface area (Å²) in [6.07, 6.45) is 0. The highest BCUT2D eigenvalue weighted by Gasteiger charge is 2.18. The van der Waals surface area contributed by atoms with E-state index in [2.05, 4.69) is 63.8 Å². The van der Waals surface area contributed by atoms with E-state index in [1.807, 2.05) is 0 Å². The minimum atomic E-state index is 0.711. The Morgan fingerprint density at radius 1 is 1.53 bits per heavy atom. The van der Waals surface area contributed by atoms with Crippen LogP contribution in [0.4, 0.5) is 0 Å². The molecule has 0 saturated carbocycles. The smallest absolute Gasteiger partial charge is 0.0237 e. The summed E-state index contributed by atoms with van der Waals surface area (Å²) in [5.41, 5.74) is 1.41. The Labute approximate surface area is 104 Å². The number of rotatable bonds is 2. The van der Waals surface area contributed by atoms with Gasteiger partial charge in [-0.05, 0) is 24.6 Å². The molecule has 0 N–H and O–H groups in total. The lowest BCUT2D eigenvalue weighted by molar-refractivity contribution is 0.224. The second-order valence-corrected chi connectivity index (χ2v) is 6.09. The number of hydrogen-bond donors (Lipinski definition) is 0. The first-order valence-corrected chi connectivity index (χ1v) is 7.27. The van der Waals surface area contributed by atoms with E-state index in [-0.39, 0.29) is 0 Å². The molecule has 0 spiro atoms. The molecule has 82 valence electrons. The highest BCUT2D eigenvalue weighted by molar-refractivity contribution is 9.10. The molecule has 1 aliphatic rings. The molecule has 1 heterocycles. The second kappa shape index (κ2) is 5.37. The van der Waals surface area contributed by atoms with Crippen LogP contribution in [0.1, 0.15) is 12.5 Å². The molecule has 2 rings (SSSR count). The Balaban J connectivity index is 2.01. The molecule has 3 heteroatoms. The minimum absolute atomic E-state index is 0.711. The molecule has 0 amide bonds. The van der Waals surface area contributed by atoms with E-state index in [4.69, 9.17) is 0 Å². The van der Waals surface area contributed by atoms with E-state index in [1.54, 1.807) is 0 Å². The molecule has 0 bridgehead atoms. The van der Waals surface area contributed by atoms with Crippen molar-refractivity contribution in [2.45, 2.75) is 19.5 Å². The lowest BCUT2D eigenvalue weighted by atomic mass is 10.2. The highest BCUT2D eigenvalue weighted by atomic mass is 79.9. The van der Waals surface area contributed by atoms with Gasteiger partial charge in [0.15, 0.2) is 0 Å². The number of halogens is 1. The van der Waals surface area contributed by atoms with E-state index in [9.17, 15) is 0 Å². The van der Waals surface area contributed by atoms with Crippen LogP contribution in [0.3, 0.4) is 0 Å². The fraction of sp³-hybridized carbons (Fsp3) is 0.500. The molecule has 1 aromatic carbocycles. The molecule has 15 heavy (non-hydrogen) atoms. The lowest BCUT2D eigenvalue weighted by Crippen LogP contribution is -2.39. The van der Waals surface area contributed by atoms with Crippen LogP contribution in [-0.4, -0.2) is 29.0 Å². The van der Waals surface area contributed by atoms with Crippen molar-refractivity contribution in [3.8, 4) is 0 Å². The Bertz CT molecular complexity index is 329. The van der Waals surface area contributed by atoms with Crippen molar-refractivity contribution < 1.29 is 0 Å². The van der Waals surface area contributed by atoms with Crippen molar-refractivity contribution in [2.24, 2.45) is 0 Å². The normalized spacial score (nSPS) is 22.9. The second-order valence-electron chi connectivity index (χ2n) is 4.02. The van der Waals surface area contributed by atoms with E-state index in [0.29, 0.717) is 6.04 Å². The molecule has 0 aliphatic carbocycles. The fourth-order valence-corrected chi connectivity index (χ4v) is 3.40. The van der Waals surface area contributed by atoms with Crippen LogP contribution in [0.5, 0.6) is 0 Å². The minimum Gasteiger partial charge on any atom is -0.295 e. The molecule has 1 fully saturated rings. The van der Waals surface area contributed by atoms with Gasteiger partial charge in [0, 0.05) is 35.1 Å². The maximum atomic E-state index is 3.52. The SMILES string of the molecule is CC1CSCCN1Cc1cccc(Br)c1. The van der Waals surface area contributed by atoms with Gasteiger partial charge in [-0.1, -0.05) is 28.1 Å². The summed E-state index contributed by atoms with van der Waals surface area (Å²) in [6, 6.07) is 9.33. The summed E-state index contributed by atoms with van der Waals surface area (Å²) in [6.45, 7) is 4.63. The summed E-state index contributed by atoms with van der Waals surface area (Å²) in [4.78, 5) is 2.57. The van der Waals surface area contributed by atoms with Crippen molar-refractivity contribution in [3.05, 3.63) is 34.3 Å². The van der Waals surface area contributed by atoms with Gasteiger partial charge >= 0.3 is 0 Å². The monoisotopic (exact) mass is 285 g/mol. The van der Waals surface area contributed by atoms with Crippen molar-refractivity contribution >= 4 is 27.7 Å². The Morgan fingerprint density at radius 3 is 3.13 bits per heavy atom. The fourth-order valence-electron chi connectivity index (χ4n) is 1.87.